The number of fused-ring (bicyclic) bond motifs is 1. The monoisotopic (exact) mass is 553 g/mol. The second-order valence-corrected chi connectivity index (χ2v) is 10.5. The van der Waals surface area contributed by atoms with Crippen molar-refractivity contribution in [1.29, 1.82) is 0 Å². The molecule has 37 heavy (non-hydrogen) atoms. The van der Waals surface area contributed by atoms with Gasteiger partial charge in [0.25, 0.3) is 0 Å². The van der Waals surface area contributed by atoms with E-state index in [9.17, 15) is 9.90 Å². The van der Waals surface area contributed by atoms with E-state index in [0.717, 1.165) is 33.8 Å². The van der Waals surface area contributed by atoms with Crippen molar-refractivity contribution in [3.8, 4) is 5.75 Å². The molecule has 0 N–H and O–H groups in total. The van der Waals surface area contributed by atoms with Crippen molar-refractivity contribution in [1.82, 2.24) is 4.57 Å². The van der Waals surface area contributed by atoms with Gasteiger partial charge in [-0.3, -0.25) is 0 Å². The molecule has 0 aliphatic heterocycles. The number of carbonyl (C=O) groups is 1. The van der Waals surface area contributed by atoms with E-state index in [0.29, 0.717) is 5.02 Å². The molecule has 0 saturated heterocycles. The predicted octanol–water partition coefficient (Wildman–Crippen LogP) is 4.90. The fourth-order valence-corrected chi connectivity index (χ4v) is 5.37. The summed E-state index contributed by atoms with van der Waals surface area (Å²) < 4.78 is 6.84. The summed E-state index contributed by atoms with van der Waals surface area (Å²) in [6.07, 6.45) is 10.4. The standard InChI is InChI=1S/C13H15NO2.C9H11ClO.C9H18.K.H2/c1-8-4-9(2)13-11(5-8)6-10(3)14(13)7-12(15)16;1-6-4-8(10)9(11-3)5-7(6)2;1-2-6-9-7-4-3-5-8-9;;/h4-6H,7H2,1-3H3,(H,15,16);4-5H,1-3H3;9H,2-8H2,1H3;;1H/q;;;+1;/p-1. The minimum atomic E-state index is -1.06. The number of methoxy groups -OCH3 is 1. The van der Waals surface area contributed by atoms with Gasteiger partial charge in [0.05, 0.1) is 30.2 Å². The molecule has 6 heteroatoms. The molecule has 200 valence electrons. The van der Waals surface area contributed by atoms with E-state index < -0.39 is 5.97 Å². The molecule has 4 rings (SSSR count). The van der Waals surface area contributed by atoms with Crippen LogP contribution in [0.5, 0.6) is 5.75 Å². The van der Waals surface area contributed by atoms with Gasteiger partial charge in [-0.25, -0.2) is 0 Å². The largest absolute Gasteiger partial charge is 1.00 e. The molecule has 0 spiro atoms. The molecule has 1 fully saturated rings. The maximum absolute atomic E-state index is 10.7. The number of carboxylic acid groups (broad SMARTS) is 1. The molecule has 0 atom stereocenters. The number of aliphatic carboxylic acids is 1. The summed E-state index contributed by atoms with van der Waals surface area (Å²) in [7, 11) is 1.62. The van der Waals surface area contributed by atoms with Crippen LogP contribution in [0.2, 0.25) is 5.02 Å². The van der Waals surface area contributed by atoms with Gasteiger partial charge in [-0.05, 0) is 81.5 Å². The first-order valence-electron chi connectivity index (χ1n) is 13.1. The van der Waals surface area contributed by atoms with Crippen LogP contribution in [0.4, 0.5) is 0 Å². The van der Waals surface area contributed by atoms with Gasteiger partial charge in [0, 0.05) is 12.5 Å². The van der Waals surface area contributed by atoms with Gasteiger partial charge in [0.2, 0.25) is 0 Å². The molecule has 0 radical (unpaired) electrons. The van der Waals surface area contributed by atoms with Crippen LogP contribution in [-0.4, -0.2) is 17.6 Å². The quantitative estimate of drug-likeness (QED) is 0.422. The fraction of sp³-hybridized carbons (Fsp3) is 0.516. The summed E-state index contributed by atoms with van der Waals surface area (Å²) >= 11 is 5.88. The van der Waals surface area contributed by atoms with Crippen LogP contribution in [0, 0.1) is 40.5 Å². The number of carbonyl (C=O) groups excluding carboxylic acids is 1. The van der Waals surface area contributed by atoms with Crippen molar-refractivity contribution in [2.24, 2.45) is 5.92 Å². The second kappa shape index (κ2) is 17.0. The van der Waals surface area contributed by atoms with E-state index in [-0.39, 0.29) is 59.4 Å². The Morgan fingerprint density at radius 2 is 1.62 bits per heavy atom. The topological polar surface area (TPSA) is 54.3 Å². The molecule has 1 aromatic heterocycles. The summed E-state index contributed by atoms with van der Waals surface area (Å²) in [5, 5.41) is 12.5. The van der Waals surface area contributed by atoms with Crippen molar-refractivity contribution in [2.75, 3.05) is 7.11 Å². The molecule has 1 aliphatic carbocycles. The first kappa shape index (κ1) is 34.2. The summed E-state index contributed by atoms with van der Waals surface area (Å²) in [5.74, 6) is 0.791. The van der Waals surface area contributed by atoms with E-state index in [1.54, 1.807) is 11.7 Å². The minimum absolute atomic E-state index is 0. The number of halogens is 1. The zero-order chi connectivity index (χ0) is 26.8. The van der Waals surface area contributed by atoms with Gasteiger partial charge in [-0.2, -0.15) is 0 Å². The van der Waals surface area contributed by atoms with Crippen LogP contribution in [0.25, 0.3) is 10.9 Å². The van der Waals surface area contributed by atoms with Gasteiger partial charge in [-0.15, -0.1) is 0 Å². The van der Waals surface area contributed by atoms with E-state index in [1.807, 2.05) is 52.8 Å². The Bertz CT molecular complexity index is 1150. The summed E-state index contributed by atoms with van der Waals surface area (Å²) in [6, 6.07) is 10.0. The molecule has 1 heterocycles. The number of aromatic nitrogens is 1. The van der Waals surface area contributed by atoms with E-state index in [4.69, 9.17) is 16.3 Å². The predicted molar refractivity (Wildman–Crippen MR) is 152 cm³/mol. The number of nitrogens with zero attached hydrogens (tertiary/aromatic N) is 1. The third-order valence-corrected chi connectivity index (χ3v) is 7.31. The van der Waals surface area contributed by atoms with Crippen LogP contribution in [0.1, 0.15) is 81.2 Å². The molecule has 1 aliphatic rings. The molecular formula is C31H45ClKNO3. The Morgan fingerprint density at radius 1 is 1.00 bits per heavy atom. The average Bonchev–Trinajstić information content (AvgIpc) is 3.12. The second-order valence-electron chi connectivity index (χ2n) is 10.1. The van der Waals surface area contributed by atoms with E-state index in [1.165, 1.54) is 61.6 Å². The maximum Gasteiger partial charge on any atom is 1.00 e. The van der Waals surface area contributed by atoms with Gasteiger partial charge >= 0.3 is 51.4 Å². The molecule has 2 aromatic carbocycles. The Balaban J connectivity index is 0.000000551. The summed E-state index contributed by atoms with van der Waals surface area (Å²) in [4.78, 5) is 10.7. The Morgan fingerprint density at radius 3 is 2.19 bits per heavy atom. The van der Waals surface area contributed by atoms with Crippen molar-refractivity contribution in [3.05, 3.63) is 63.3 Å². The number of aryl methyl sites for hydroxylation is 5. The summed E-state index contributed by atoms with van der Waals surface area (Å²) in [5.41, 5.74) is 6.63. The SMILES string of the molecule is CCCC1CCCCC1.COc1cc(C)c(C)cc1Cl.Cc1cc(C)c2c(c1)cc(C)n2CC(=O)[O-].[HH].[K+]. The number of hydrogen-bond donors (Lipinski definition) is 0. The number of hydrogen-bond acceptors (Lipinski definition) is 3. The van der Waals surface area contributed by atoms with Crippen molar-refractivity contribution in [2.45, 2.75) is 93.0 Å². The van der Waals surface area contributed by atoms with Gasteiger partial charge in [-0.1, -0.05) is 75.1 Å². The number of rotatable bonds is 5. The van der Waals surface area contributed by atoms with Crippen LogP contribution in [0.3, 0.4) is 0 Å². The van der Waals surface area contributed by atoms with Gasteiger partial charge in [0.1, 0.15) is 5.75 Å². The maximum atomic E-state index is 10.7. The third kappa shape index (κ3) is 10.7. The van der Waals surface area contributed by atoms with Crippen LogP contribution in [-0.2, 0) is 11.3 Å². The molecule has 0 unspecified atom stereocenters. The minimum Gasteiger partial charge on any atom is -0.548 e. The molecule has 4 nitrogen and oxygen atoms in total. The van der Waals surface area contributed by atoms with E-state index in [2.05, 4.69) is 19.1 Å². The first-order chi connectivity index (χ1) is 17.1. The normalized spacial score (nSPS) is 13.1. The van der Waals surface area contributed by atoms with Gasteiger partial charge < -0.3 is 19.2 Å². The van der Waals surface area contributed by atoms with E-state index >= 15 is 0 Å². The summed E-state index contributed by atoms with van der Waals surface area (Å²) in [6.45, 7) is 12.2. The number of benzene rings is 2. The smallest absolute Gasteiger partial charge is 0.548 e. The van der Waals surface area contributed by atoms with Crippen molar-refractivity contribution in [3.63, 3.8) is 0 Å². The van der Waals surface area contributed by atoms with Crippen molar-refractivity contribution < 1.29 is 67.4 Å². The van der Waals surface area contributed by atoms with Crippen LogP contribution >= 0.6 is 11.6 Å². The molecule has 0 amide bonds. The fourth-order valence-electron chi connectivity index (χ4n) is 5.08. The van der Waals surface area contributed by atoms with Crippen LogP contribution < -0.4 is 61.2 Å². The average molecular weight is 554 g/mol. The third-order valence-electron chi connectivity index (χ3n) is 7.01. The van der Waals surface area contributed by atoms with Gasteiger partial charge in [0.15, 0.2) is 0 Å². The van der Waals surface area contributed by atoms with Crippen LogP contribution in [0.15, 0.2) is 30.3 Å². The Kier molecular flexibility index (Phi) is 15.7. The molecule has 1 saturated carbocycles. The molecule has 3 aromatic rings. The Hall–Kier alpha value is -0.824. The first-order valence-corrected chi connectivity index (χ1v) is 13.5. The Labute approximate surface area is 273 Å². The van der Waals surface area contributed by atoms with Crippen molar-refractivity contribution >= 4 is 28.5 Å². The molecular weight excluding hydrogens is 509 g/mol. The number of carboxylic acids is 1. The molecule has 0 bridgehead atoms. The zero-order valence-corrected chi connectivity index (χ0v) is 28.0. The number of ether oxygens (including phenoxy) is 1. The zero-order valence-electron chi connectivity index (χ0n) is 24.2.